The molecule has 2 fully saturated rings. The molecule has 0 amide bonds. The van der Waals surface area contributed by atoms with E-state index in [1.807, 2.05) is 118 Å². The molecule has 6 rings (SSSR count). The normalized spacial score (nSPS) is 19.0. The minimum atomic E-state index is -1.89. The summed E-state index contributed by atoms with van der Waals surface area (Å²) >= 11 is 0. The SMILES string of the molecule is CC1(C)O[C@@H](C([O-])(c2ccccc2)c2ccccc2)[C@H](C([O-])(c2ccccc2)c2ccccc2)O1.[CH2-]/C=C/C.[CH]1[CH][CH][CH][CH]1.[Ti+4]. The average Bonchev–Trinajstić information content (AvgIpc) is 3.78. The smallest absolute Gasteiger partial charge is 0.841 e. The number of hydrogen-bond donors (Lipinski definition) is 0. The molecule has 0 bridgehead atoms. The van der Waals surface area contributed by atoms with Gasteiger partial charge in [-0.2, -0.15) is 0 Å². The summed E-state index contributed by atoms with van der Waals surface area (Å²) in [5.41, 5.74) is -1.70. The number of allylic oxidation sites excluding steroid dienone is 2. The summed E-state index contributed by atoms with van der Waals surface area (Å²) in [6.45, 7) is 8.87. The topological polar surface area (TPSA) is 64.6 Å². The van der Waals surface area contributed by atoms with Crippen molar-refractivity contribution < 1.29 is 41.4 Å². The van der Waals surface area contributed by atoms with E-state index in [1.54, 1.807) is 68.5 Å². The zero-order valence-corrected chi connectivity index (χ0v) is 27.6. The van der Waals surface area contributed by atoms with Gasteiger partial charge in [-0.1, -0.05) is 144 Å². The number of hydrogen-bond acceptors (Lipinski definition) is 4. The summed E-state index contributed by atoms with van der Waals surface area (Å²) in [4.78, 5) is 0. The van der Waals surface area contributed by atoms with Crippen molar-refractivity contribution >= 4 is 0 Å². The maximum atomic E-state index is 15.2. The molecule has 4 aromatic rings. The summed E-state index contributed by atoms with van der Waals surface area (Å²) in [7, 11) is 0. The van der Waals surface area contributed by atoms with E-state index in [-0.39, 0.29) is 21.7 Å². The first kappa shape index (κ1) is 36.5. The molecule has 0 unspecified atom stereocenters. The summed E-state index contributed by atoms with van der Waals surface area (Å²) in [6.07, 6.45) is 11.4. The van der Waals surface area contributed by atoms with Crippen LogP contribution in [-0.4, -0.2) is 18.0 Å². The van der Waals surface area contributed by atoms with Gasteiger partial charge in [0.05, 0.1) is 12.2 Å². The number of ether oxygens (including phenoxy) is 2. The molecule has 1 saturated heterocycles. The van der Waals surface area contributed by atoms with Gasteiger partial charge >= 0.3 is 21.7 Å². The number of benzene rings is 4. The Bertz CT molecular complexity index is 1210. The summed E-state index contributed by atoms with van der Waals surface area (Å²) in [6, 6.07) is 36.5. The van der Waals surface area contributed by atoms with Crippen LogP contribution in [0.2, 0.25) is 0 Å². The molecule has 1 aliphatic heterocycles. The maximum absolute atomic E-state index is 15.2. The minimum Gasteiger partial charge on any atom is -0.841 e. The maximum Gasteiger partial charge on any atom is 4.00 e. The van der Waals surface area contributed by atoms with Gasteiger partial charge in [-0.15, -0.1) is 6.92 Å². The van der Waals surface area contributed by atoms with Gasteiger partial charge in [-0.25, -0.2) is 19.1 Å². The van der Waals surface area contributed by atoms with Gasteiger partial charge in [-0.3, -0.25) is 0 Å². The Labute approximate surface area is 285 Å². The van der Waals surface area contributed by atoms with Crippen LogP contribution in [0.25, 0.3) is 0 Å². The average molecular weight is 633 g/mol. The van der Waals surface area contributed by atoms with E-state index in [2.05, 4.69) is 6.92 Å². The van der Waals surface area contributed by atoms with Crippen LogP contribution >= 0.6 is 0 Å². The number of rotatable bonds is 6. The van der Waals surface area contributed by atoms with E-state index in [9.17, 15) is 0 Å². The third-order valence-electron chi connectivity index (χ3n) is 7.50. The van der Waals surface area contributed by atoms with E-state index in [1.165, 1.54) is 0 Å². The molecule has 1 saturated carbocycles. The van der Waals surface area contributed by atoms with Crippen LogP contribution in [0, 0.1) is 39.0 Å². The predicted octanol–water partition coefficient (Wildman–Crippen LogP) is 6.53. The summed E-state index contributed by atoms with van der Waals surface area (Å²) in [5, 5.41) is 30.3. The molecule has 227 valence electrons. The van der Waals surface area contributed by atoms with Gasteiger partial charge in [0.2, 0.25) is 0 Å². The van der Waals surface area contributed by atoms with E-state index < -0.39 is 29.2 Å². The fourth-order valence-corrected chi connectivity index (χ4v) is 5.41. The van der Waals surface area contributed by atoms with Crippen molar-refractivity contribution in [1.29, 1.82) is 0 Å². The van der Waals surface area contributed by atoms with Crippen molar-refractivity contribution in [3.05, 3.63) is 195 Å². The molecule has 1 aliphatic carbocycles. The molecular weight excluding hydrogens is 592 g/mol. The molecule has 0 spiro atoms. The van der Waals surface area contributed by atoms with Crippen LogP contribution in [0.5, 0.6) is 0 Å². The standard InChI is InChI=1S/C31H28O4.C5H5.C4H7.Ti/c1-29(2)34-27(30(32,23-15-7-3-8-16-23)24-17-9-4-10-18-24)28(35-29)31(33,25-19-11-5-12-20-25)26-21-13-6-14-22-26;1-2-4-5-3-1;1-3-4-2;/h3-22,27-28H,1-2H3;1-5H;3-4H,1H2,2H3;/q-2;;-1;+4/b;;4-3+;/t27-,28-;;;/m1.../s1. The van der Waals surface area contributed by atoms with Crippen LogP contribution in [0.15, 0.2) is 133 Å². The van der Waals surface area contributed by atoms with Crippen LogP contribution in [0.3, 0.4) is 0 Å². The van der Waals surface area contributed by atoms with Crippen LogP contribution < -0.4 is 10.2 Å². The summed E-state index contributed by atoms with van der Waals surface area (Å²) in [5.74, 6) is -1.13. The third kappa shape index (κ3) is 8.65. The second-order valence-corrected chi connectivity index (χ2v) is 10.9. The van der Waals surface area contributed by atoms with Crippen molar-refractivity contribution in [2.45, 2.75) is 50.0 Å². The van der Waals surface area contributed by atoms with Gasteiger partial charge in [0, 0.05) is 0 Å². The first-order valence-electron chi connectivity index (χ1n) is 14.8. The fourth-order valence-electron chi connectivity index (χ4n) is 5.41. The van der Waals surface area contributed by atoms with Crippen molar-refractivity contribution in [2.75, 3.05) is 0 Å². The summed E-state index contributed by atoms with van der Waals surface area (Å²) < 4.78 is 12.8. The Kier molecular flexibility index (Phi) is 13.9. The molecule has 2 aliphatic rings. The molecule has 0 N–H and O–H groups in total. The van der Waals surface area contributed by atoms with E-state index in [0.717, 1.165) is 0 Å². The van der Waals surface area contributed by atoms with Gasteiger partial charge in [0.1, 0.15) is 0 Å². The van der Waals surface area contributed by atoms with Crippen molar-refractivity contribution in [1.82, 2.24) is 0 Å². The van der Waals surface area contributed by atoms with Gasteiger partial charge < -0.3 is 19.7 Å². The molecule has 0 aromatic heterocycles. The fraction of sp³-hybridized carbons (Fsp3) is 0.200. The van der Waals surface area contributed by atoms with Gasteiger partial charge in [-0.05, 0) is 57.2 Å². The second-order valence-electron chi connectivity index (χ2n) is 10.9. The quantitative estimate of drug-likeness (QED) is 0.179. The van der Waals surface area contributed by atoms with Crippen molar-refractivity contribution in [3.63, 3.8) is 0 Å². The Hall–Kier alpha value is -2.96. The molecular formula is C40H40O4Ti+. The molecule has 2 atom stereocenters. The van der Waals surface area contributed by atoms with E-state index in [0.29, 0.717) is 22.3 Å². The Balaban J connectivity index is 0.000000482. The van der Waals surface area contributed by atoms with E-state index >= 15 is 10.2 Å². The molecule has 5 heteroatoms. The zero-order valence-electron chi connectivity index (χ0n) is 26.1. The predicted molar refractivity (Wildman–Crippen MR) is 173 cm³/mol. The van der Waals surface area contributed by atoms with Crippen molar-refractivity contribution in [2.24, 2.45) is 0 Å². The van der Waals surface area contributed by atoms with Gasteiger partial charge in [0.25, 0.3) is 0 Å². The monoisotopic (exact) mass is 632 g/mol. The molecule has 5 radical (unpaired) electrons. The zero-order chi connectivity index (χ0) is 31.5. The van der Waals surface area contributed by atoms with Crippen LogP contribution in [-0.2, 0) is 42.4 Å². The van der Waals surface area contributed by atoms with Crippen LogP contribution in [0.4, 0.5) is 0 Å². The first-order chi connectivity index (χ1) is 21.3. The Morgan fingerprint density at radius 3 is 0.978 bits per heavy atom. The van der Waals surface area contributed by atoms with Crippen molar-refractivity contribution in [3.8, 4) is 0 Å². The van der Waals surface area contributed by atoms with Crippen LogP contribution in [0.1, 0.15) is 43.0 Å². The Morgan fingerprint density at radius 2 is 0.778 bits per heavy atom. The van der Waals surface area contributed by atoms with Gasteiger partial charge in [0.15, 0.2) is 5.79 Å². The minimum absolute atomic E-state index is 0. The second kappa shape index (κ2) is 17.1. The first-order valence-corrected chi connectivity index (χ1v) is 14.8. The molecule has 45 heavy (non-hydrogen) atoms. The third-order valence-corrected chi connectivity index (χ3v) is 7.50. The van der Waals surface area contributed by atoms with E-state index in [4.69, 9.17) is 9.47 Å². The molecule has 1 heterocycles. The largest absolute Gasteiger partial charge is 4.00 e. The molecule has 4 aromatic carbocycles. The molecule has 4 nitrogen and oxygen atoms in total. The Morgan fingerprint density at radius 1 is 0.556 bits per heavy atom.